The zero-order valence-electron chi connectivity index (χ0n) is 15.3. The predicted molar refractivity (Wildman–Crippen MR) is 102 cm³/mol. The molecule has 0 N–H and O–H groups in total. The van der Waals surface area contributed by atoms with E-state index in [9.17, 15) is 8.42 Å². The van der Waals surface area contributed by atoms with Gasteiger partial charge in [-0.05, 0) is 31.2 Å². The molecular weight excluding hydrogens is 352 g/mol. The van der Waals surface area contributed by atoms with Crippen molar-refractivity contribution in [3.63, 3.8) is 0 Å². The van der Waals surface area contributed by atoms with E-state index in [2.05, 4.69) is 36.1 Å². The van der Waals surface area contributed by atoms with E-state index < -0.39 is 10.0 Å². The number of aryl methyl sites for hydroxylation is 1. The van der Waals surface area contributed by atoms with Crippen molar-refractivity contribution in [2.45, 2.75) is 11.8 Å². The highest BCUT2D eigenvalue weighted by atomic mass is 32.2. The van der Waals surface area contributed by atoms with Crippen molar-refractivity contribution in [1.82, 2.24) is 4.31 Å². The molecule has 2 aromatic carbocycles. The maximum Gasteiger partial charge on any atom is 0.246 e. The first kappa shape index (κ1) is 18.5. The van der Waals surface area contributed by atoms with E-state index in [0.29, 0.717) is 37.7 Å². The Bertz CT molecular complexity index is 858. The molecule has 0 aliphatic carbocycles. The molecule has 26 heavy (non-hydrogen) atoms. The summed E-state index contributed by atoms with van der Waals surface area (Å²) < 4.78 is 38.0. The van der Waals surface area contributed by atoms with Crippen LogP contribution in [0.3, 0.4) is 0 Å². The number of anilines is 1. The standard InChI is InChI=1S/C19H24N2O4S/c1-15-4-6-16(7-5-15)20-10-12-21(13-11-20)26(22,23)19-9-8-17(24-2)14-18(19)25-3/h4-9,14H,10-13H2,1-3H3. The van der Waals surface area contributed by atoms with Crippen molar-refractivity contribution in [1.29, 1.82) is 0 Å². The molecule has 6 nitrogen and oxygen atoms in total. The van der Waals surface area contributed by atoms with E-state index in [1.807, 2.05) is 0 Å². The zero-order valence-corrected chi connectivity index (χ0v) is 16.1. The summed E-state index contributed by atoms with van der Waals surface area (Å²) in [7, 11) is -0.620. The molecule has 0 radical (unpaired) electrons. The summed E-state index contributed by atoms with van der Waals surface area (Å²) in [5, 5.41) is 0. The summed E-state index contributed by atoms with van der Waals surface area (Å²) in [5.74, 6) is 0.857. The number of ether oxygens (including phenoxy) is 2. The van der Waals surface area contributed by atoms with Crippen LogP contribution in [0.2, 0.25) is 0 Å². The number of hydrogen-bond acceptors (Lipinski definition) is 5. The normalized spacial score (nSPS) is 15.7. The van der Waals surface area contributed by atoms with Crippen molar-refractivity contribution in [2.75, 3.05) is 45.3 Å². The van der Waals surface area contributed by atoms with Gasteiger partial charge in [0.2, 0.25) is 10.0 Å². The van der Waals surface area contributed by atoms with Crippen molar-refractivity contribution < 1.29 is 17.9 Å². The molecule has 0 aromatic heterocycles. The lowest BCUT2D eigenvalue weighted by Crippen LogP contribution is -2.48. The van der Waals surface area contributed by atoms with E-state index in [1.54, 1.807) is 18.2 Å². The van der Waals surface area contributed by atoms with Gasteiger partial charge in [-0.15, -0.1) is 0 Å². The molecule has 0 bridgehead atoms. The summed E-state index contributed by atoms with van der Waals surface area (Å²) in [6.45, 7) is 4.23. The van der Waals surface area contributed by atoms with Crippen molar-refractivity contribution >= 4 is 15.7 Å². The highest BCUT2D eigenvalue weighted by molar-refractivity contribution is 7.89. The molecule has 7 heteroatoms. The van der Waals surface area contributed by atoms with Crippen LogP contribution in [0.15, 0.2) is 47.4 Å². The fraction of sp³-hybridized carbons (Fsp3) is 0.368. The Balaban J connectivity index is 1.77. The molecule has 2 aromatic rings. The summed E-state index contributed by atoms with van der Waals surface area (Å²) in [4.78, 5) is 2.38. The minimum Gasteiger partial charge on any atom is -0.497 e. The summed E-state index contributed by atoms with van der Waals surface area (Å²) in [5.41, 5.74) is 2.33. The lowest BCUT2D eigenvalue weighted by atomic mass is 10.2. The van der Waals surface area contributed by atoms with Gasteiger partial charge in [0.15, 0.2) is 0 Å². The molecule has 140 valence electrons. The summed E-state index contributed by atoms with van der Waals surface area (Å²) in [6.07, 6.45) is 0. The predicted octanol–water partition coefficient (Wildman–Crippen LogP) is 2.52. The average Bonchev–Trinajstić information content (AvgIpc) is 2.68. The number of nitrogens with zero attached hydrogens (tertiary/aromatic N) is 2. The Morgan fingerprint density at radius 1 is 0.885 bits per heavy atom. The fourth-order valence-electron chi connectivity index (χ4n) is 3.07. The molecule has 1 heterocycles. The summed E-state index contributed by atoms with van der Waals surface area (Å²) in [6, 6.07) is 13.1. The Labute approximate surface area is 155 Å². The van der Waals surface area contributed by atoms with Crippen LogP contribution in [0.4, 0.5) is 5.69 Å². The highest BCUT2D eigenvalue weighted by Gasteiger charge is 2.31. The van der Waals surface area contributed by atoms with Gasteiger partial charge in [0.1, 0.15) is 16.4 Å². The van der Waals surface area contributed by atoms with Crippen molar-refractivity contribution in [2.24, 2.45) is 0 Å². The number of rotatable bonds is 5. The SMILES string of the molecule is COc1ccc(S(=O)(=O)N2CCN(c3ccc(C)cc3)CC2)c(OC)c1. The third-order valence-electron chi connectivity index (χ3n) is 4.63. The molecule has 0 amide bonds. The second-order valence-corrected chi connectivity index (χ2v) is 8.15. The third kappa shape index (κ3) is 3.64. The van der Waals surface area contributed by atoms with Gasteiger partial charge in [-0.1, -0.05) is 17.7 Å². The number of sulfonamides is 1. The first-order valence-electron chi connectivity index (χ1n) is 8.49. The number of benzene rings is 2. The minimum absolute atomic E-state index is 0.171. The molecular formula is C19H24N2O4S. The lowest BCUT2D eigenvalue weighted by Gasteiger charge is -2.35. The highest BCUT2D eigenvalue weighted by Crippen LogP contribution is 2.31. The average molecular weight is 376 g/mol. The van der Waals surface area contributed by atoms with Crippen molar-refractivity contribution in [3.05, 3.63) is 48.0 Å². The summed E-state index contributed by atoms with van der Waals surface area (Å²) >= 11 is 0. The van der Waals surface area contributed by atoms with Gasteiger partial charge in [0.05, 0.1) is 14.2 Å². The van der Waals surface area contributed by atoms with Crippen LogP contribution in [-0.2, 0) is 10.0 Å². The quantitative estimate of drug-likeness (QED) is 0.803. The molecule has 3 rings (SSSR count). The smallest absolute Gasteiger partial charge is 0.246 e. The van der Waals surface area contributed by atoms with Crippen LogP contribution in [0, 0.1) is 6.92 Å². The fourth-order valence-corrected chi connectivity index (χ4v) is 4.63. The first-order valence-corrected chi connectivity index (χ1v) is 9.93. The molecule has 0 spiro atoms. The van der Waals surface area contributed by atoms with E-state index >= 15 is 0 Å². The second-order valence-electron chi connectivity index (χ2n) is 6.24. The van der Waals surface area contributed by atoms with E-state index in [-0.39, 0.29) is 4.90 Å². The van der Waals surface area contributed by atoms with Crippen LogP contribution >= 0.6 is 0 Å². The topological polar surface area (TPSA) is 59.1 Å². The maximum absolute atomic E-state index is 13.0. The second kappa shape index (κ2) is 7.55. The Hall–Kier alpha value is -2.25. The van der Waals surface area contributed by atoms with Gasteiger partial charge in [-0.2, -0.15) is 4.31 Å². The van der Waals surface area contributed by atoms with Crippen LogP contribution in [0.5, 0.6) is 11.5 Å². The Morgan fingerprint density at radius 3 is 2.12 bits per heavy atom. The molecule has 1 aliphatic rings. The number of piperazine rings is 1. The molecule has 0 unspecified atom stereocenters. The first-order chi connectivity index (χ1) is 12.5. The van der Waals surface area contributed by atoms with Crippen LogP contribution in [0.1, 0.15) is 5.56 Å². The maximum atomic E-state index is 13.0. The molecule has 1 saturated heterocycles. The number of methoxy groups -OCH3 is 2. The Kier molecular flexibility index (Phi) is 5.38. The van der Waals surface area contributed by atoms with E-state index in [0.717, 1.165) is 5.69 Å². The monoisotopic (exact) mass is 376 g/mol. The van der Waals surface area contributed by atoms with Gasteiger partial charge < -0.3 is 14.4 Å². The van der Waals surface area contributed by atoms with E-state index in [4.69, 9.17) is 9.47 Å². The number of hydrogen-bond donors (Lipinski definition) is 0. The molecule has 0 atom stereocenters. The van der Waals surface area contributed by atoms with Crippen LogP contribution in [0.25, 0.3) is 0 Å². The van der Waals surface area contributed by atoms with Gasteiger partial charge in [0.25, 0.3) is 0 Å². The van der Waals surface area contributed by atoms with Gasteiger partial charge >= 0.3 is 0 Å². The Morgan fingerprint density at radius 2 is 1.54 bits per heavy atom. The van der Waals surface area contributed by atoms with Crippen LogP contribution in [-0.4, -0.2) is 53.1 Å². The molecule has 0 saturated carbocycles. The van der Waals surface area contributed by atoms with Crippen LogP contribution < -0.4 is 14.4 Å². The third-order valence-corrected chi connectivity index (χ3v) is 6.56. The van der Waals surface area contributed by atoms with Crippen molar-refractivity contribution in [3.8, 4) is 11.5 Å². The van der Waals surface area contributed by atoms with Gasteiger partial charge in [-0.3, -0.25) is 0 Å². The lowest BCUT2D eigenvalue weighted by molar-refractivity contribution is 0.370. The van der Waals surface area contributed by atoms with E-state index in [1.165, 1.54) is 24.1 Å². The minimum atomic E-state index is -3.62. The zero-order chi connectivity index (χ0) is 18.7. The van der Waals surface area contributed by atoms with Gasteiger partial charge in [0, 0.05) is 37.9 Å². The molecule has 1 fully saturated rings. The molecule has 1 aliphatic heterocycles. The largest absolute Gasteiger partial charge is 0.497 e. The van der Waals surface area contributed by atoms with Gasteiger partial charge in [-0.25, -0.2) is 8.42 Å².